The summed E-state index contributed by atoms with van der Waals surface area (Å²) in [5.41, 5.74) is -1.18. The molecule has 0 aliphatic rings. The molecular weight excluding hydrogens is 341 g/mol. The van der Waals surface area contributed by atoms with Crippen LogP contribution in [0, 0.1) is 0 Å². The van der Waals surface area contributed by atoms with Crippen LogP contribution in [0.4, 0.5) is 18.9 Å². The highest BCUT2D eigenvalue weighted by molar-refractivity contribution is 6.34. The first-order valence-corrected chi connectivity index (χ1v) is 7.26. The van der Waals surface area contributed by atoms with E-state index in [1.807, 2.05) is 0 Å². The van der Waals surface area contributed by atoms with Gasteiger partial charge in [-0.05, 0) is 18.2 Å². The summed E-state index contributed by atoms with van der Waals surface area (Å²) in [7, 11) is 0. The first-order valence-electron chi connectivity index (χ1n) is 6.89. The maximum atomic E-state index is 13.5. The van der Waals surface area contributed by atoms with Crippen LogP contribution in [0.2, 0.25) is 5.02 Å². The third-order valence-electron chi connectivity index (χ3n) is 3.43. The zero-order valence-electron chi connectivity index (χ0n) is 12.1. The molecule has 0 radical (unpaired) electrons. The van der Waals surface area contributed by atoms with E-state index in [2.05, 4.69) is 10.3 Å². The molecule has 0 unspecified atom stereocenters. The summed E-state index contributed by atoms with van der Waals surface area (Å²) in [5.74, 6) is -0.923. The number of nitrogens with one attached hydrogen (secondary N) is 1. The normalized spacial score (nSPS) is 11.5. The van der Waals surface area contributed by atoms with Crippen molar-refractivity contribution in [1.29, 1.82) is 0 Å². The van der Waals surface area contributed by atoms with Crippen molar-refractivity contribution < 1.29 is 18.0 Å². The van der Waals surface area contributed by atoms with E-state index < -0.39 is 23.2 Å². The van der Waals surface area contributed by atoms with Crippen molar-refractivity contribution in [3.05, 3.63) is 70.9 Å². The Morgan fingerprint density at radius 1 is 1.04 bits per heavy atom. The second-order valence-corrected chi connectivity index (χ2v) is 5.40. The SMILES string of the molecule is O=C(Nc1ccccc1Cl)c1cnc2ccccc2c1C(F)(F)F. The van der Waals surface area contributed by atoms with E-state index in [1.165, 1.54) is 30.3 Å². The average Bonchev–Trinajstić information content (AvgIpc) is 2.55. The van der Waals surface area contributed by atoms with E-state index in [0.717, 1.165) is 6.20 Å². The minimum atomic E-state index is -4.70. The van der Waals surface area contributed by atoms with Crippen molar-refractivity contribution in [2.45, 2.75) is 6.18 Å². The topological polar surface area (TPSA) is 42.0 Å². The third-order valence-corrected chi connectivity index (χ3v) is 3.76. The lowest BCUT2D eigenvalue weighted by molar-refractivity contribution is -0.136. The predicted octanol–water partition coefficient (Wildman–Crippen LogP) is 5.16. The Balaban J connectivity index is 2.12. The Bertz CT molecular complexity index is 925. The fourth-order valence-corrected chi connectivity index (χ4v) is 2.55. The molecule has 24 heavy (non-hydrogen) atoms. The summed E-state index contributed by atoms with van der Waals surface area (Å²) in [6, 6.07) is 12.1. The molecule has 2 aromatic carbocycles. The molecule has 7 heteroatoms. The van der Waals surface area contributed by atoms with Gasteiger partial charge in [0, 0.05) is 11.6 Å². The Labute approximate surface area is 140 Å². The number of hydrogen-bond acceptors (Lipinski definition) is 2. The molecule has 1 heterocycles. The number of benzene rings is 2. The second kappa shape index (κ2) is 6.13. The lowest BCUT2D eigenvalue weighted by Crippen LogP contribution is -2.20. The van der Waals surface area contributed by atoms with Crippen molar-refractivity contribution in [3.8, 4) is 0 Å². The average molecular weight is 351 g/mol. The monoisotopic (exact) mass is 350 g/mol. The number of aromatic nitrogens is 1. The molecule has 0 saturated carbocycles. The summed E-state index contributed by atoms with van der Waals surface area (Å²) in [6.45, 7) is 0. The van der Waals surface area contributed by atoms with E-state index in [9.17, 15) is 18.0 Å². The van der Waals surface area contributed by atoms with Crippen molar-refractivity contribution in [1.82, 2.24) is 4.98 Å². The van der Waals surface area contributed by atoms with E-state index >= 15 is 0 Å². The number of carbonyl (C=O) groups excluding carboxylic acids is 1. The number of nitrogens with zero attached hydrogens (tertiary/aromatic N) is 1. The third kappa shape index (κ3) is 3.05. The number of pyridine rings is 1. The molecule has 1 aromatic heterocycles. The molecule has 0 bridgehead atoms. The number of hydrogen-bond donors (Lipinski definition) is 1. The molecule has 3 aromatic rings. The molecule has 0 saturated heterocycles. The first-order chi connectivity index (χ1) is 11.4. The molecule has 0 spiro atoms. The van der Waals surface area contributed by atoms with Crippen molar-refractivity contribution >= 4 is 34.1 Å². The van der Waals surface area contributed by atoms with Crippen molar-refractivity contribution in [2.24, 2.45) is 0 Å². The molecule has 0 aliphatic carbocycles. The minimum absolute atomic E-state index is 0.128. The summed E-state index contributed by atoms with van der Waals surface area (Å²) in [6.07, 6.45) is -3.77. The van der Waals surface area contributed by atoms with Gasteiger partial charge in [-0.15, -0.1) is 0 Å². The molecule has 1 amide bonds. The Morgan fingerprint density at radius 2 is 1.71 bits per heavy atom. The van der Waals surface area contributed by atoms with Gasteiger partial charge in [0.15, 0.2) is 0 Å². The summed E-state index contributed by atoms with van der Waals surface area (Å²) < 4.78 is 40.6. The maximum Gasteiger partial charge on any atom is 0.417 e. The van der Waals surface area contributed by atoms with Gasteiger partial charge in [0.1, 0.15) is 0 Å². The second-order valence-electron chi connectivity index (χ2n) is 5.00. The number of carbonyl (C=O) groups is 1. The highest BCUT2D eigenvalue weighted by Gasteiger charge is 2.37. The van der Waals surface area contributed by atoms with Gasteiger partial charge in [0.2, 0.25) is 0 Å². The van der Waals surface area contributed by atoms with Gasteiger partial charge in [-0.1, -0.05) is 41.9 Å². The Kier molecular flexibility index (Phi) is 4.15. The van der Waals surface area contributed by atoms with Crippen LogP contribution in [0.1, 0.15) is 15.9 Å². The number of anilines is 1. The van der Waals surface area contributed by atoms with Crippen LogP contribution in [0.15, 0.2) is 54.7 Å². The molecule has 0 atom stereocenters. The van der Waals surface area contributed by atoms with E-state index in [0.29, 0.717) is 0 Å². The van der Waals surface area contributed by atoms with Crippen LogP contribution >= 0.6 is 11.6 Å². The van der Waals surface area contributed by atoms with Crippen LogP contribution in [0.3, 0.4) is 0 Å². The zero-order valence-corrected chi connectivity index (χ0v) is 12.8. The zero-order chi connectivity index (χ0) is 17.3. The number of halogens is 4. The first kappa shape index (κ1) is 16.3. The fraction of sp³-hybridized carbons (Fsp3) is 0.0588. The van der Waals surface area contributed by atoms with Crippen LogP contribution in [-0.4, -0.2) is 10.9 Å². The minimum Gasteiger partial charge on any atom is -0.321 e. The van der Waals surface area contributed by atoms with Crippen molar-refractivity contribution in [3.63, 3.8) is 0 Å². The molecule has 0 fully saturated rings. The van der Waals surface area contributed by atoms with Gasteiger partial charge >= 0.3 is 6.18 Å². The lowest BCUT2D eigenvalue weighted by Gasteiger charge is -2.15. The number of alkyl halides is 3. The van der Waals surface area contributed by atoms with E-state index in [-0.39, 0.29) is 21.6 Å². The van der Waals surface area contributed by atoms with E-state index in [4.69, 9.17) is 11.6 Å². The van der Waals surface area contributed by atoms with Crippen LogP contribution in [0.5, 0.6) is 0 Å². The van der Waals surface area contributed by atoms with Crippen LogP contribution in [-0.2, 0) is 6.18 Å². The van der Waals surface area contributed by atoms with Gasteiger partial charge in [0.05, 0.1) is 27.4 Å². The smallest absolute Gasteiger partial charge is 0.321 e. The molecule has 122 valence electrons. The highest BCUT2D eigenvalue weighted by atomic mass is 35.5. The predicted molar refractivity (Wildman–Crippen MR) is 86.2 cm³/mol. The van der Waals surface area contributed by atoms with Crippen LogP contribution < -0.4 is 5.32 Å². The van der Waals surface area contributed by atoms with Gasteiger partial charge in [-0.3, -0.25) is 9.78 Å². The number of rotatable bonds is 2. The standard InChI is InChI=1S/C17H10ClF3N2O/c18-12-6-2-4-8-14(12)23-16(24)11-9-22-13-7-3-1-5-10(13)15(11)17(19,20)21/h1-9H,(H,23,24). The summed E-state index contributed by atoms with van der Waals surface area (Å²) in [4.78, 5) is 16.3. The quantitative estimate of drug-likeness (QED) is 0.693. The Morgan fingerprint density at radius 3 is 2.42 bits per heavy atom. The number of amides is 1. The van der Waals surface area contributed by atoms with Gasteiger partial charge in [0.25, 0.3) is 5.91 Å². The number of para-hydroxylation sites is 2. The van der Waals surface area contributed by atoms with Gasteiger partial charge < -0.3 is 5.32 Å². The summed E-state index contributed by atoms with van der Waals surface area (Å²) in [5, 5.41) is 2.49. The van der Waals surface area contributed by atoms with Crippen molar-refractivity contribution in [2.75, 3.05) is 5.32 Å². The molecule has 0 aliphatic heterocycles. The summed E-state index contributed by atoms with van der Waals surface area (Å²) >= 11 is 5.93. The molecular formula is C17H10ClF3N2O. The Hall–Kier alpha value is -2.60. The number of fused-ring (bicyclic) bond motifs is 1. The largest absolute Gasteiger partial charge is 0.417 e. The highest BCUT2D eigenvalue weighted by Crippen LogP contribution is 2.37. The molecule has 3 nitrogen and oxygen atoms in total. The fourth-order valence-electron chi connectivity index (χ4n) is 2.37. The lowest BCUT2D eigenvalue weighted by atomic mass is 10.0. The van der Waals surface area contributed by atoms with Gasteiger partial charge in [-0.2, -0.15) is 13.2 Å². The van der Waals surface area contributed by atoms with Crippen LogP contribution in [0.25, 0.3) is 10.9 Å². The van der Waals surface area contributed by atoms with E-state index in [1.54, 1.807) is 18.2 Å². The maximum absolute atomic E-state index is 13.5. The molecule has 1 N–H and O–H groups in total. The van der Waals surface area contributed by atoms with Gasteiger partial charge in [-0.25, -0.2) is 0 Å². The molecule has 3 rings (SSSR count).